The molecule has 9 nitrogen and oxygen atoms in total. The number of carbonyl (C=O) groups is 4. The fourth-order valence-corrected chi connectivity index (χ4v) is 3.85. The van der Waals surface area contributed by atoms with Crippen LogP contribution in [-0.2, 0) is 19.1 Å². The number of amides is 2. The van der Waals surface area contributed by atoms with Crippen LogP contribution in [0.3, 0.4) is 0 Å². The van der Waals surface area contributed by atoms with Crippen molar-refractivity contribution in [3.05, 3.63) is 76.6 Å². The Labute approximate surface area is 193 Å². The van der Waals surface area contributed by atoms with Crippen LogP contribution in [0.25, 0.3) is 0 Å². The normalized spacial score (nSPS) is 11.3. The van der Waals surface area contributed by atoms with Gasteiger partial charge in [0.05, 0.1) is 17.9 Å². The number of benzene rings is 1. The first-order valence-electron chi connectivity index (χ1n) is 10.0. The molecule has 0 bridgehead atoms. The van der Waals surface area contributed by atoms with Gasteiger partial charge in [-0.25, -0.2) is 9.59 Å². The van der Waals surface area contributed by atoms with Crippen molar-refractivity contribution in [2.24, 2.45) is 0 Å². The molecule has 2 heterocycles. The number of anilines is 1. The maximum absolute atomic E-state index is 12.7. The average Bonchev–Trinajstić information content (AvgIpc) is 3.46. The molecule has 10 heteroatoms. The molecule has 1 unspecified atom stereocenters. The van der Waals surface area contributed by atoms with Gasteiger partial charge in [0.2, 0.25) is 0 Å². The molecule has 33 heavy (non-hydrogen) atoms. The second-order valence-electron chi connectivity index (χ2n) is 6.79. The zero-order valence-corrected chi connectivity index (χ0v) is 18.8. The predicted molar refractivity (Wildman–Crippen MR) is 120 cm³/mol. The highest BCUT2D eigenvalue weighted by atomic mass is 32.1. The van der Waals surface area contributed by atoms with Gasteiger partial charge in [-0.1, -0.05) is 30.3 Å². The van der Waals surface area contributed by atoms with E-state index in [1.165, 1.54) is 12.3 Å². The van der Waals surface area contributed by atoms with E-state index in [1.54, 1.807) is 56.3 Å². The van der Waals surface area contributed by atoms with Crippen LogP contribution in [0.2, 0.25) is 0 Å². The van der Waals surface area contributed by atoms with E-state index in [1.807, 2.05) is 0 Å². The van der Waals surface area contributed by atoms with Crippen LogP contribution < -0.4 is 10.6 Å². The summed E-state index contributed by atoms with van der Waals surface area (Å²) in [6.07, 6.45) is 1.34. The van der Waals surface area contributed by atoms with Gasteiger partial charge in [0, 0.05) is 0 Å². The lowest BCUT2D eigenvalue weighted by Crippen LogP contribution is -2.36. The molecule has 0 fully saturated rings. The number of esters is 2. The van der Waals surface area contributed by atoms with Crippen LogP contribution in [0.1, 0.15) is 44.3 Å². The zero-order chi connectivity index (χ0) is 23.8. The SMILES string of the molecule is CCOC(=O)c1sc(NC(=O)COC(=O)C(NC(=O)c2ccco2)c2ccccc2)cc1C. The van der Waals surface area contributed by atoms with Gasteiger partial charge in [0.15, 0.2) is 18.4 Å². The average molecular weight is 471 g/mol. The molecule has 0 aliphatic carbocycles. The van der Waals surface area contributed by atoms with Crippen molar-refractivity contribution in [3.8, 4) is 0 Å². The van der Waals surface area contributed by atoms with Gasteiger partial charge in [-0.05, 0) is 43.2 Å². The predicted octanol–water partition coefficient (Wildman–Crippen LogP) is 3.48. The number of ether oxygens (including phenoxy) is 2. The third-order valence-electron chi connectivity index (χ3n) is 4.38. The monoisotopic (exact) mass is 470 g/mol. The lowest BCUT2D eigenvalue weighted by molar-refractivity contribution is -0.149. The Morgan fingerprint density at radius 1 is 1.06 bits per heavy atom. The van der Waals surface area contributed by atoms with E-state index in [9.17, 15) is 19.2 Å². The molecule has 2 N–H and O–H groups in total. The highest BCUT2D eigenvalue weighted by molar-refractivity contribution is 7.18. The van der Waals surface area contributed by atoms with Crippen LogP contribution in [0.4, 0.5) is 5.00 Å². The number of furan rings is 1. The van der Waals surface area contributed by atoms with Crippen LogP contribution in [-0.4, -0.2) is 37.0 Å². The summed E-state index contributed by atoms with van der Waals surface area (Å²) >= 11 is 1.07. The molecular formula is C23H22N2O7S. The summed E-state index contributed by atoms with van der Waals surface area (Å²) in [6.45, 7) is 3.10. The summed E-state index contributed by atoms with van der Waals surface area (Å²) in [5.41, 5.74) is 1.14. The van der Waals surface area contributed by atoms with Gasteiger partial charge in [-0.3, -0.25) is 9.59 Å². The summed E-state index contributed by atoms with van der Waals surface area (Å²) in [5, 5.41) is 5.56. The fraction of sp³-hybridized carbons (Fsp3) is 0.217. The summed E-state index contributed by atoms with van der Waals surface area (Å²) < 4.78 is 15.2. The largest absolute Gasteiger partial charge is 0.462 e. The molecule has 0 aliphatic rings. The number of hydrogen-bond acceptors (Lipinski definition) is 8. The van der Waals surface area contributed by atoms with Crippen molar-refractivity contribution in [2.75, 3.05) is 18.5 Å². The molecule has 0 spiro atoms. The minimum absolute atomic E-state index is 0.0342. The van der Waals surface area contributed by atoms with Crippen LogP contribution >= 0.6 is 11.3 Å². The standard InChI is InChI=1S/C23H22N2O7S/c1-3-30-23(29)20-14(2)12-18(33-20)24-17(26)13-32-22(28)19(15-8-5-4-6-9-15)25-21(27)16-10-7-11-31-16/h4-12,19H,3,13H2,1-2H3,(H,24,26)(H,25,27). The molecule has 0 aliphatic heterocycles. The van der Waals surface area contributed by atoms with E-state index in [0.717, 1.165) is 11.3 Å². The van der Waals surface area contributed by atoms with Gasteiger partial charge >= 0.3 is 11.9 Å². The lowest BCUT2D eigenvalue weighted by Gasteiger charge is -2.17. The first-order chi connectivity index (χ1) is 15.9. The first kappa shape index (κ1) is 23.7. The Bertz CT molecular complexity index is 1120. The number of hydrogen-bond donors (Lipinski definition) is 2. The number of rotatable bonds is 9. The Morgan fingerprint density at radius 3 is 2.48 bits per heavy atom. The summed E-state index contributed by atoms with van der Waals surface area (Å²) in [7, 11) is 0. The molecule has 2 amide bonds. The van der Waals surface area contributed by atoms with E-state index in [2.05, 4.69) is 10.6 Å². The maximum Gasteiger partial charge on any atom is 0.348 e. The van der Waals surface area contributed by atoms with Crippen molar-refractivity contribution in [1.29, 1.82) is 0 Å². The van der Waals surface area contributed by atoms with Crippen molar-refractivity contribution >= 4 is 40.1 Å². The molecule has 0 saturated carbocycles. The highest BCUT2D eigenvalue weighted by Crippen LogP contribution is 2.27. The van der Waals surface area contributed by atoms with Gasteiger partial charge in [-0.2, -0.15) is 0 Å². The van der Waals surface area contributed by atoms with Crippen LogP contribution in [0.5, 0.6) is 0 Å². The second kappa shape index (κ2) is 11.1. The molecule has 1 aromatic carbocycles. The zero-order valence-electron chi connectivity index (χ0n) is 18.0. The minimum Gasteiger partial charge on any atom is -0.462 e. The topological polar surface area (TPSA) is 124 Å². The second-order valence-corrected chi connectivity index (χ2v) is 7.85. The third-order valence-corrected chi connectivity index (χ3v) is 5.51. The summed E-state index contributed by atoms with van der Waals surface area (Å²) in [4.78, 5) is 49.7. The minimum atomic E-state index is -1.14. The molecule has 3 aromatic rings. The smallest absolute Gasteiger partial charge is 0.348 e. The van der Waals surface area contributed by atoms with Gasteiger partial charge in [0.1, 0.15) is 4.88 Å². The Kier molecular flexibility index (Phi) is 7.98. The van der Waals surface area contributed by atoms with Crippen molar-refractivity contribution in [1.82, 2.24) is 5.32 Å². The van der Waals surface area contributed by atoms with E-state index in [-0.39, 0.29) is 12.4 Å². The highest BCUT2D eigenvalue weighted by Gasteiger charge is 2.26. The molecule has 172 valence electrons. The summed E-state index contributed by atoms with van der Waals surface area (Å²) in [5.74, 6) is -2.44. The third kappa shape index (κ3) is 6.30. The molecule has 0 saturated heterocycles. The number of nitrogens with one attached hydrogen (secondary N) is 2. The molecular weight excluding hydrogens is 448 g/mol. The van der Waals surface area contributed by atoms with Gasteiger partial charge < -0.3 is 24.5 Å². The van der Waals surface area contributed by atoms with Gasteiger partial charge in [0.25, 0.3) is 11.8 Å². The van der Waals surface area contributed by atoms with E-state index < -0.39 is 36.4 Å². The van der Waals surface area contributed by atoms with Crippen molar-refractivity contribution < 1.29 is 33.1 Å². The molecule has 0 radical (unpaired) electrons. The van der Waals surface area contributed by atoms with E-state index in [0.29, 0.717) is 21.0 Å². The van der Waals surface area contributed by atoms with Crippen LogP contribution in [0.15, 0.2) is 59.2 Å². The first-order valence-corrected chi connectivity index (χ1v) is 10.8. The van der Waals surface area contributed by atoms with Gasteiger partial charge in [-0.15, -0.1) is 11.3 Å². The van der Waals surface area contributed by atoms with E-state index >= 15 is 0 Å². The van der Waals surface area contributed by atoms with Crippen LogP contribution in [0, 0.1) is 6.92 Å². The molecule has 3 rings (SSSR count). The van der Waals surface area contributed by atoms with Crippen molar-refractivity contribution in [2.45, 2.75) is 19.9 Å². The van der Waals surface area contributed by atoms with E-state index in [4.69, 9.17) is 13.9 Å². The Morgan fingerprint density at radius 2 is 1.82 bits per heavy atom. The Balaban J connectivity index is 1.62. The summed E-state index contributed by atoms with van der Waals surface area (Å²) in [6, 6.07) is 12.0. The quantitative estimate of drug-likeness (QED) is 0.459. The maximum atomic E-state index is 12.7. The Hall–Kier alpha value is -3.92. The number of carbonyl (C=O) groups excluding carboxylic acids is 4. The van der Waals surface area contributed by atoms with Crippen molar-refractivity contribution in [3.63, 3.8) is 0 Å². The number of thiophene rings is 1. The molecule has 2 aromatic heterocycles. The fourth-order valence-electron chi connectivity index (χ4n) is 2.87. The number of aryl methyl sites for hydroxylation is 1. The lowest BCUT2D eigenvalue weighted by atomic mass is 10.1. The molecule has 1 atom stereocenters.